The SMILES string of the molecule is O=c1oc2ccccc2c(=O)n1-c1cc(Cl)ccc1Cl. The van der Waals surface area contributed by atoms with Crippen LogP contribution in [0, 0.1) is 0 Å². The van der Waals surface area contributed by atoms with Crippen LogP contribution in [0.2, 0.25) is 10.0 Å². The summed E-state index contributed by atoms with van der Waals surface area (Å²) in [5, 5.41) is 0.895. The molecule has 3 rings (SSSR count). The molecule has 0 N–H and O–H groups in total. The first-order valence-corrected chi connectivity index (χ1v) is 6.44. The highest BCUT2D eigenvalue weighted by molar-refractivity contribution is 6.34. The Balaban J connectivity index is 2.46. The Morgan fingerprint density at radius 2 is 1.75 bits per heavy atom. The second-order valence-electron chi connectivity index (χ2n) is 4.10. The Morgan fingerprint density at radius 1 is 1.00 bits per heavy atom. The standard InChI is InChI=1S/C14H7Cl2NO3/c15-8-5-6-10(16)11(7-8)17-13(18)9-3-1-2-4-12(9)20-14(17)19/h1-7H. The van der Waals surface area contributed by atoms with Crippen LogP contribution in [-0.4, -0.2) is 4.57 Å². The monoisotopic (exact) mass is 307 g/mol. The van der Waals surface area contributed by atoms with E-state index in [1.165, 1.54) is 12.1 Å². The maximum absolute atomic E-state index is 12.4. The second-order valence-corrected chi connectivity index (χ2v) is 4.94. The van der Waals surface area contributed by atoms with E-state index in [1.54, 1.807) is 30.3 Å². The lowest BCUT2D eigenvalue weighted by molar-refractivity contribution is 0.504. The summed E-state index contributed by atoms with van der Waals surface area (Å²) < 4.78 is 6.00. The van der Waals surface area contributed by atoms with E-state index < -0.39 is 11.3 Å². The van der Waals surface area contributed by atoms with Gasteiger partial charge in [0.25, 0.3) is 5.56 Å². The van der Waals surface area contributed by atoms with Gasteiger partial charge in [0.05, 0.1) is 16.1 Å². The number of nitrogens with zero attached hydrogens (tertiary/aromatic N) is 1. The molecule has 0 unspecified atom stereocenters. The average molecular weight is 308 g/mol. The summed E-state index contributed by atoms with van der Waals surface area (Å²) in [7, 11) is 0. The van der Waals surface area contributed by atoms with E-state index in [4.69, 9.17) is 27.6 Å². The molecular formula is C14H7Cl2NO3. The van der Waals surface area contributed by atoms with Gasteiger partial charge < -0.3 is 4.42 Å². The van der Waals surface area contributed by atoms with E-state index in [0.29, 0.717) is 10.4 Å². The zero-order valence-electron chi connectivity index (χ0n) is 9.97. The molecule has 6 heteroatoms. The molecule has 0 aliphatic rings. The van der Waals surface area contributed by atoms with E-state index >= 15 is 0 Å². The highest BCUT2D eigenvalue weighted by Crippen LogP contribution is 2.22. The van der Waals surface area contributed by atoms with Gasteiger partial charge in [-0.1, -0.05) is 35.3 Å². The minimum absolute atomic E-state index is 0.198. The van der Waals surface area contributed by atoms with Crippen molar-refractivity contribution in [3.05, 3.63) is 73.4 Å². The Kier molecular flexibility index (Phi) is 3.12. The van der Waals surface area contributed by atoms with Crippen LogP contribution in [0.5, 0.6) is 0 Å². The minimum Gasteiger partial charge on any atom is -0.409 e. The van der Waals surface area contributed by atoms with Crippen LogP contribution in [0.15, 0.2) is 56.5 Å². The number of aromatic nitrogens is 1. The highest BCUT2D eigenvalue weighted by Gasteiger charge is 2.14. The van der Waals surface area contributed by atoms with Gasteiger partial charge in [-0.3, -0.25) is 4.79 Å². The van der Waals surface area contributed by atoms with Gasteiger partial charge in [-0.05, 0) is 30.3 Å². The van der Waals surface area contributed by atoms with Crippen LogP contribution < -0.4 is 11.3 Å². The number of benzene rings is 2. The summed E-state index contributed by atoms with van der Waals surface area (Å²) in [4.78, 5) is 24.4. The summed E-state index contributed by atoms with van der Waals surface area (Å²) in [6.07, 6.45) is 0. The van der Waals surface area contributed by atoms with Crippen LogP contribution in [0.25, 0.3) is 16.7 Å². The van der Waals surface area contributed by atoms with Gasteiger partial charge in [-0.25, -0.2) is 9.36 Å². The van der Waals surface area contributed by atoms with Crippen molar-refractivity contribution in [1.82, 2.24) is 4.57 Å². The van der Waals surface area contributed by atoms with Crippen molar-refractivity contribution in [3.8, 4) is 5.69 Å². The van der Waals surface area contributed by atoms with Crippen molar-refractivity contribution >= 4 is 34.2 Å². The summed E-state index contributed by atoms with van der Waals surface area (Å²) in [6, 6.07) is 11.0. The summed E-state index contributed by atoms with van der Waals surface area (Å²) in [5.74, 6) is -0.808. The zero-order valence-corrected chi connectivity index (χ0v) is 11.5. The molecule has 1 heterocycles. The Morgan fingerprint density at radius 3 is 2.55 bits per heavy atom. The van der Waals surface area contributed by atoms with E-state index in [1.807, 2.05) is 0 Å². The van der Waals surface area contributed by atoms with Crippen LogP contribution in [0.4, 0.5) is 0 Å². The number of rotatable bonds is 1. The lowest BCUT2D eigenvalue weighted by atomic mass is 10.2. The molecule has 100 valence electrons. The van der Waals surface area contributed by atoms with Crippen LogP contribution in [-0.2, 0) is 0 Å². The van der Waals surface area contributed by atoms with E-state index in [2.05, 4.69) is 0 Å². The summed E-state index contributed by atoms with van der Waals surface area (Å²) in [6.45, 7) is 0. The maximum Gasteiger partial charge on any atom is 0.427 e. The average Bonchev–Trinajstić information content (AvgIpc) is 2.42. The number of hydrogen-bond donors (Lipinski definition) is 0. The lowest BCUT2D eigenvalue weighted by Gasteiger charge is -2.07. The van der Waals surface area contributed by atoms with Crippen molar-refractivity contribution in [1.29, 1.82) is 0 Å². The molecule has 2 aromatic carbocycles. The minimum atomic E-state index is -0.808. The van der Waals surface area contributed by atoms with Crippen LogP contribution in [0.3, 0.4) is 0 Å². The molecule has 0 fully saturated rings. The Bertz CT molecular complexity index is 928. The molecular weight excluding hydrogens is 301 g/mol. The molecule has 3 aromatic rings. The number of fused-ring (bicyclic) bond motifs is 1. The predicted octanol–water partition coefficient (Wildman–Crippen LogP) is 3.25. The van der Waals surface area contributed by atoms with Crippen molar-refractivity contribution in [2.24, 2.45) is 0 Å². The van der Waals surface area contributed by atoms with Gasteiger partial charge >= 0.3 is 5.76 Å². The second kappa shape index (κ2) is 4.81. The third-order valence-electron chi connectivity index (χ3n) is 2.85. The molecule has 4 nitrogen and oxygen atoms in total. The van der Waals surface area contributed by atoms with E-state index in [9.17, 15) is 9.59 Å². The zero-order chi connectivity index (χ0) is 14.3. The van der Waals surface area contributed by atoms with Crippen molar-refractivity contribution in [3.63, 3.8) is 0 Å². The molecule has 0 saturated carbocycles. The van der Waals surface area contributed by atoms with Crippen molar-refractivity contribution < 1.29 is 4.42 Å². The molecule has 0 saturated heterocycles. The summed E-state index contributed by atoms with van der Waals surface area (Å²) >= 11 is 11.9. The van der Waals surface area contributed by atoms with E-state index in [0.717, 1.165) is 4.57 Å². The Hall–Kier alpha value is -2.04. The fourth-order valence-corrected chi connectivity index (χ4v) is 2.31. The van der Waals surface area contributed by atoms with Gasteiger partial charge in [0.15, 0.2) is 0 Å². The Labute approximate surface area is 122 Å². The van der Waals surface area contributed by atoms with Gasteiger partial charge in [0, 0.05) is 5.02 Å². The maximum atomic E-state index is 12.4. The summed E-state index contributed by atoms with van der Waals surface area (Å²) in [5.41, 5.74) is -0.0680. The van der Waals surface area contributed by atoms with Gasteiger partial charge in [-0.15, -0.1) is 0 Å². The first-order chi connectivity index (χ1) is 9.58. The first kappa shape index (κ1) is 13.0. The van der Waals surface area contributed by atoms with Crippen molar-refractivity contribution in [2.75, 3.05) is 0 Å². The van der Waals surface area contributed by atoms with Crippen LogP contribution in [0.1, 0.15) is 0 Å². The fourth-order valence-electron chi connectivity index (χ4n) is 1.94. The number of para-hydroxylation sites is 1. The quantitative estimate of drug-likeness (QED) is 0.693. The number of halogens is 2. The normalized spacial score (nSPS) is 10.9. The van der Waals surface area contributed by atoms with Crippen molar-refractivity contribution in [2.45, 2.75) is 0 Å². The first-order valence-electron chi connectivity index (χ1n) is 5.68. The fraction of sp³-hybridized carbons (Fsp3) is 0. The molecule has 1 aromatic heterocycles. The lowest BCUT2D eigenvalue weighted by Crippen LogP contribution is -2.31. The van der Waals surface area contributed by atoms with E-state index in [-0.39, 0.29) is 16.3 Å². The molecule has 0 atom stereocenters. The molecule has 0 spiro atoms. The molecule has 0 bridgehead atoms. The van der Waals surface area contributed by atoms with Gasteiger partial charge in [0.2, 0.25) is 0 Å². The molecule has 20 heavy (non-hydrogen) atoms. The third kappa shape index (κ3) is 2.03. The topological polar surface area (TPSA) is 52.2 Å². The van der Waals surface area contributed by atoms with Gasteiger partial charge in [-0.2, -0.15) is 0 Å². The smallest absolute Gasteiger partial charge is 0.409 e. The molecule has 0 aliphatic heterocycles. The molecule has 0 aliphatic carbocycles. The predicted molar refractivity (Wildman–Crippen MR) is 78.1 cm³/mol. The van der Waals surface area contributed by atoms with Gasteiger partial charge in [0.1, 0.15) is 5.58 Å². The largest absolute Gasteiger partial charge is 0.427 e. The third-order valence-corrected chi connectivity index (χ3v) is 3.40. The van der Waals surface area contributed by atoms with Crippen LogP contribution >= 0.6 is 23.2 Å². The molecule has 0 radical (unpaired) electrons. The highest BCUT2D eigenvalue weighted by atomic mass is 35.5. The number of hydrogen-bond acceptors (Lipinski definition) is 3. The molecule has 0 amide bonds.